The van der Waals surface area contributed by atoms with Gasteiger partial charge in [-0.3, -0.25) is 9.59 Å². The Bertz CT molecular complexity index is 1080. The highest BCUT2D eigenvalue weighted by molar-refractivity contribution is 9.10. The van der Waals surface area contributed by atoms with Gasteiger partial charge in [-0.15, -0.1) is 0 Å². The lowest BCUT2D eigenvalue weighted by atomic mass is 10.1. The second-order valence-electron chi connectivity index (χ2n) is 5.89. The maximum atomic E-state index is 12.3. The number of esters is 1. The molecule has 142 valence electrons. The first-order valence-corrected chi connectivity index (χ1v) is 9.15. The fourth-order valence-corrected chi connectivity index (χ4v) is 3.16. The Hall–Kier alpha value is -3.19. The summed E-state index contributed by atoms with van der Waals surface area (Å²) in [5.41, 5.74) is 3.67. The van der Waals surface area contributed by atoms with E-state index in [4.69, 9.17) is 9.47 Å². The van der Waals surface area contributed by atoms with E-state index < -0.39 is 5.97 Å². The summed E-state index contributed by atoms with van der Waals surface area (Å²) in [6, 6.07) is 16.6. The molecule has 7 heteroatoms. The van der Waals surface area contributed by atoms with Crippen molar-refractivity contribution in [2.24, 2.45) is 5.10 Å². The van der Waals surface area contributed by atoms with Crippen molar-refractivity contribution >= 4 is 44.8 Å². The summed E-state index contributed by atoms with van der Waals surface area (Å²) in [4.78, 5) is 23.5. The summed E-state index contributed by atoms with van der Waals surface area (Å²) >= 11 is 3.34. The molecule has 0 atom stereocenters. The number of benzene rings is 3. The minimum absolute atomic E-state index is 0.285. The summed E-state index contributed by atoms with van der Waals surface area (Å²) in [6.45, 7) is 1.31. The fraction of sp³-hybridized carbons (Fsp3) is 0.0952. The van der Waals surface area contributed by atoms with Crippen LogP contribution in [0.4, 0.5) is 0 Å². The zero-order chi connectivity index (χ0) is 20.1. The molecule has 1 N–H and O–H groups in total. The van der Waals surface area contributed by atoms with Crippen molar-refractivity contribution in [3.63, 3.8) is 0 Å². The summed E-state index contributed by atoms with van der Waals surface area (Å²) in [6.07, 6.45) is 1.48. The number of nitrogens with one attached hydrogen (secondary N) is 1. The molecule has 3 rings (SSSR count). The van der Waals surface area contributed by atoms with Crippen LogP contribution in [0.2, 0.25) is 0 Å². The summed E-state index contributed by atoms with van der Waals surface area (Å²) in [7, 11) is 1.47. The van der Waals surface area contributed by atoms with E-state index in [1.807, 2.05) is 36.4 Å². The Kier molecular flexibility index (Phi) is 6.06. The van der Waals surface area contributed by atoms with Crippen molar-refractivity contribution in [1.82, 2.24) is 5.43 Å². The number of ether oxygens (including phenoxy) is 2. The topological polar surface area (TPSA) is 77.0 Å². The van der Waals surface area contributed by atoms with Gasteiger partial charge >= 0.3 is 5.97 Å². The lowest BCUT2D eigenvalue weighted by Gasteiger charge is -2.10. The third-order valence-electron chi connectivity index (χ3n) is 3.89. The maximum Gasteiger partial charge on any atom is 0.308 e. The second-order valence-corrected chi connectivity index (χ2v) is 6.74. The molecule has 0 aliphatic rings. The van der Waals surface area contributed by atoms with Crippen LogP contribution in [0, 0.1) is 0 Å². The molecule has 0 fully saturated rings. The number of fused-ring (bicyclic) bond motifs is 1. The van der Waals surface area contributed by atoms with E-state index in [2.05, 4.69) is 26.5 Å². The van der Waals surface area contributed by atoms with Gasteiger partial charge in [-0.05, 0) is 56.5 Å². The molecule has 0 aliphatic heterocycles. The molecular weight excluding hydrogens is 424 g/mol. The van der Waals surface area contributed by atoms with E-state index in [0.29, 0.717) is 21.3 Å². The van der Waals surface area contributed by atoms with Crippen LogP contribution < -0.4 is 14.9 Å². The Labute approximate surface area is 170 Å². The molecule has 0 heterocycles. The van der Waals surface area contributed by atoms with Gasteiger partial charge in [0.2, 0.25) is 0 Å². The van der Waals surface area contributed by atoms with Gasteiger partial charge in [-0.2, -0.15) is 5.10 Å². The van der Waals surface area contributed by atoms with Gasteiger partial charge in [0.15, 0.2) is 11.5 Å². The number of methoxy groups -OCH3 is 1. The lowest BCUT2D eigenvalue weighted by molar-refractivity contribution is -0.132. The van der Waals surface area contributed by atoms with Gasteiger partial charge in [0.05, 0.1) is 17.8 Å². The number of hydrogen-bond acceptors (Lipinski definition) is 5. The van der Waals surface area contributed by atoms with Gasteiger partial charge in [0.25, 0.3) is 5.91 Å². The predicted molar refractivity (Wildman–Crippen MR) is 111 cm³/mol. The third-order valence-corrected chi connectivity index (χ3v) is 4.48. The van der Waals surface area contributed by atoms with Crippen LogP contribution in [-0.2, 0) is 4.79 Å². The van der Waals surface area contributed by atoms with Crippen molar-refractivity contribution in [2.75, 3.05) is 7.11 Å². The summed E-state index contributed by atoms with van der Waals surface area (Å²) in [5, 5.41) is 6.04. The molecule has 3 aromatic rings. The maximum absolute atomic E-state index is 12.3. The molecule has 3 aromatic carbocycles. The largest absolute Gasteiger partial charge is 0.493 e. The Morgan fingerprint density at radius 3 is 2.54 bits per heavy atom. The number of rotatable bonds is 5. The van der Waals surface area contributed by atoms with Crippen LogP contribution in [-0.4, -0.2) is 25.2 Å². The average molecular weight is 441 g/mol. The molecule has 0 saturated heterocycles. The molecule has 1 amide bonds. The van der Waals surface area contributed by atoms with Gasteiger partial charge < -0.3 is 9.47 Å². The van der Waals surface area contributed by atoms with Crippen LogP contribution in [0.1, 0.15) is 22.8 Å². The number of carbonyl (C=O) groups is 2. The molecule has 28 heavy (non-hydrogen) atoms. The molecular formula is C21H17BrN2O4. The van der Waals surface area contributed by atoms with Crippen molar-refractivity contribution in [3.05, 3.63) is 70.2 Å². The van der Waals surface area contributed by atoms with E-state index in [0.717, 1.165) is 10.8 Å². The second kappa shape index (κ2) is 8.67. The van der Waals surface area contributed by atoms with E-state index in [1.54, 1.807) is 18.2 Å². The molecule has 0 radical (unpaired) electrons. The number of carbonyl (C=O) groups excluding carboxylic acids is 2. The van der Waals surface area contributed by atoms with E-state index in [-0.39, 0.29) is 11.7 Å². The highest BCUT2D eigenvalue weighted by Crippen LogP contribution is 2.36. The smallest absolute Gasteiger partial charge is 0.308 e. The minimum atomic E-state index is -0.455. The Morgan fingerprint density at radius 2 is 1.82 bits per heavy atom. The molecule has 6 nitrogen and oxygen atoms in total. The van der Waals surface area contributed by atoms with Gasteiger partial charge in [0.1, 0.15) is 0 Å². The van der Waals surface area contributed by atoms with E-state index >= 15 is 0 Å². The minimum Gasteiger partial charge on any atom is -0.493 e. The first kappa shape index (κ1) is 19.6. The standard InChI is InChI=1S/C21H17BrN2O4/c1-13(25)28-20-18(22)9-14(10-19(20)27-2)12-23-24-21(26)17-8-7-15-5-3-4-6-16(15)11-17/h3-12H,1-2H3,(H,24,26)/b23-12-. The van der Waals surface area contributed by atoms with Crippen molar-refractivity contribution in [1.29, 1.82) is 0 Å². The summed E-state index contributed by atoms with van der Waals surface area (Å²) < 4.78 is 10.9. The SMILES string of the molecule is COc1cc(/C=N\NC(=O)c2ccc3ccccc3c2)cc(Br)c1OC(C)=O. The molecule has 0 spiro atoms. The molecule has 0 bridgehead atoms. The zero-order valence-corrected chi connectivity index (χ0v) is 16.8. The number of nitrogens with zero attached hydrogens (tertiary/aromatic N) is 1. The highest BCUT2D eigenvalue weighted by atomic mass is 79.9. The zero-order valence-electron chi connectivity index (χ0n) is 15.2. The van der Waals surface area contributed by atoms with Crippen molar-refractivity contribution in [3.8, 4) is 11.5 Å². The predicted octanol–water partition coefficient (Wildman–Crippen LogP) is 4.30. The quantitative estimate of drug-likeness (QED) is 0.277. The summed E-state index contributed by atoms with van der Waals surface area (Å²) in [5.74, 6) is -0.119. The number of hydrogen-bond donors (Lipinski definition) is 1. The third kappa shape index (κ3) is 4.55. The molecule has 0 saturated carbocycles. The highest BCUT2D eigenvalue weighted by Gasteiger charge is 2.13. The van der Waals surface area contributed by atoms with Gasteiger partial charge in [-0.25, -0.2) is 5.43 Å². The van der Waals surface area contributed by atoms with Crippen LogP contribution in [0.25, 0.3) is 10.8 Å². The Balaban J connectivity index is 1.75. The van der Waals surface area contributed by atoms with Crippen LogP contribution >= 0.6 is 15.9 Å². The van der Waals surface area contributed by atoms with Gasteiger partial charge in [-0.1, -0.05) is 30.3 Å². The van der Waals surface area contributed by atoms with Crippen LogP contribution in [0.3, 0.4) is 0 Å². The fourth-order valence-electron chi connectivity index (χ4n) is 2.62. The monoisotopic (exact) mass is 440 g/mol. The van der Waals surface area contributed by atoms with E-state index in [1.165, 1.54) is 20.2 Å². The average Bonchev–Trinajstić information content (AvgIpc) is 2.69. The molecule has 0 aliphatic carbocycles. The van der Waals surface area contributed by atoms with Crippen LogP contribution in [0.5, 0.6) is 11.5 Å². The van der Waals surface area contributed by atoms with E-state index in [9.17, 15) is 9.59 Å². The molecule has 0 unspecified atom stereocenters. The van der Waals surface area contributed by atoms with Crippen molar-refractivity contribution < 1.29 is 19.1 Å². The van der Waals surface area contributed by atoms with Gasteiger partial charge in [0, 0.05) is 12.5 Å². The molecule has 0 aromatic heterocycles. The number of amides is 1. The normalized spacial score (nSPS) is 10.8. The number of halogens is 1. The lowest BCUT2D eigenvalue weighted by Crippen LogP contribution is -2.17. The first-order valence-electron chi connectivity index (χ1n) is 8.36. The number of hydrazone groups is 1. The van der Waals surface area contributed by atoms with Crippen LogP contribution in [0.15, 0.2) is 64.2 Å². The Morgan fingerprint density at radius 1 is 1.07 bits per heavy atom. The van der Waals surface area contributed by atoms with Crippen molar-refractivity contribution in [2.45, 2.75) is 6.92 Å². The first-order chi connectivity index (χ1) is 13.5.